The number of carbonyl (C=O) groups excluding carboxylic acids is 1. The summed E-state index contributed by atoms with van der Waals surface area (Å²) in [6, 6.07) is 19.5. The lowest BCUT2D eigenvalue weighted by Gasteiger charge is -2.11. The quantitative estimate of drug-likeness (QED) is 0.131. The minimum atomic E-state index is -0.625. The van der Waals surface area contributed by atoms with Crippen LogP contribution in [0.25, 0.3) is 11.1 Å². The Kier molecular flexibility index (Phi) is 11.1. The Morgan fingerprint density at radius 1 is 0.737 bits per heavy atom. The Morgan fingerprint density at radius 2 is 1.32 bits per heavy atom. The predicted molar refractivity (Wildman–Crippen MR) is 148 cm³/mol. The lowest BCUT2D eigenvalue weighted by molar-refractivity contribution is 0.0734. The minimum Gasteiger partial charge on any atom is -0.421 e. The van der Waals surface area contributed by atoms with E-state index in [1.165, 1.54) is 19.3 Å². The highest BCUT2D eigenvalue weighted by atomic mass is 19.1. The third kappa shape index (κ3) is 7.53. The van der Waals surface area contributed by atoms with Crippen LogP contribution in [0.5, 0.6) is 5.75 Å². The van der Waals surface area contributed by atoms with Gasteiger partial charge < -0.3 is 4.74 Å². The molecule has 0 aliphatic carbocycles. The van der Waals surface area contributed by atoms with Gasteiger partial charge in [-0.3, -0.25) is 0 Å². The molecule has 0 spiro atoms. The number of unbranched alkanes of at least 4 members (excludes halogenated alkanes) is 6. The van der Waals surface area contributed by atoms with Gasteiger partial charge in [-0.25, -0.2) is 9.18 Å². The number of hydrogen-bond acceptors (Lipinski definition) is 4. The molecule has 0 amide bonds. The number of esters is 1. The summed E-state index contributed by atoms with van der Waals surface area (Å²) in [7, 11) is 0. The van der Waals surface area contributed by atoms with Crippen LogP contribution in [0.4, 0.5) is 4.39 Å². The normalized spacial score (nSPS) is 10.6. The first-order valence-corrected chi connectivity index (χ1v) is 13.6. The summed E-state index contributed by atoms with van der Waals surface area (Å²) >= 11 is 0. The molecule has 0 saturated carbocycles. The van der Waals surface area contributed by atoms with E-state index >= 15 is 0 Å². The predicted octanol–water partition coefficient (Wildman–Crippen LogP) is 8.70. The van der Waals surface area contributed by atoms with Crippen molar-refractivity contribution in [1.29, 1.82) is 10.5 Å². The van der Waals surface area contributed by atoms with Gasteiger partial charge in [-0.15, -0.1) is 0 Å². The van der Waals surface area contributed by atoms with Crippen LogP contribution in [0.15, 0.2) is 54.6 Å². The van der Waals surface area contributed by atoms with E-state index in [-0.39, 0.29) is 22.7 Å². The molecule has 0 radical (unpaired) electrons. The Morgan fingerprint density at radius 3 is 1.97 bits per heavy atom. The highest BCUT2D eigenvalue weighted by molar-refractivity contribution is 5.92. The Hall–Kier alpha value is -3.96. The molecule has 0 unspecified atom stereocenters. The van der Waals surface area contributed by atoms with Gasteiger partial charge in [0, 0.05) is 0 Å². The molecule has 0 fully saturated rings. The topological polar surface area (TPSA) is 73.9 Å². The van der Waals surface area contributed by atoms with Crippen LogP contribution in [-0.2, 0) is 12.8 Å². The number of nitrogens with zero attached hydrogens (tertiary/aromatic N) is 2. The Bertz CT molecular complexity index is 1320. The molecule has 0 aliphatic rings. The Balaban J connectivity index is 1.69. The number of rotatable bonds is 13. The second kappa shape index (κ2) is 14.7. The lowest BCUT2D eigenvalue weighted by atomic mass is 9.97. The summed E-state index contributed by atoms with van der Waals surface area (Å²) < 4.78 is 20.2. The molecule has 0 N–H and O–H groups in total. The fourth-order valence-electron chi connectivity index (χ4n) is 4.53. The van der Waals surface area contributed by atoms with E-state index in [0.717, 1.165) is 60.8 Å². The van der Waals surface area contributed by atoms with E-state index < -0.39 is 5.97 Å². The van der Waals surface area contributed by atoms with Crippen LogP contribution in [-0.4, -0.2) is 5.97 Å². The third-order valence-corrected chi connectivity index (χ3v) is 6.79. The van der Waals surface area contributed by atoms with Gasteiger partial charge in [0.2, 0.25) is 0 Å². The first-order chi connectivity index (χ1) is 18.5. The largest absolute Gasteiger partial charge is 0.421 e. The van der Waals surface area contributed by atoms with Crippen molar-refractivity contribution < 1.29 is 13.9 Å². The van der Waals surface area contributed by atoms with Crippen LogP contribution in [0.3, 0.4) is 0 Å². The van der Waals surface area contributed by atoms with Gasteiger partial charge in [-0.1, -0.05) is 82.7 Å². The van der Waals surface area contributed by atoms with E-state index in [4.69, 9.17) is 4.74 Å². The molecule has 0 atom stereocenters. The number of aryl methyl sites for hydroxylation is 2. The second-order valence-electron chi connectivity index (χ2n) is 9.59. The lowest BCUT2D eigenvalue weighted by Crippen LogP contribution is -2.10. The van der Waals surface area contributed by atoms with Gasteiger partial charge >= 0.3 is 5.97 Å². The zero-order valence-corrected chi connectivity index (χ0v) is 22.4. The molecule has 3 aromatic rings. The van der Waals surface area contributed by atoms with Gasteiger partial charge in [0.05, 0.1) is 11.1 Å². The molecular formula is C33H35FN2O2. The maximum absolute atomic E-state index is 14.7. The van der Waals surface area contributed by atoms with E-state index in [1.807, 2.05) is 18.2 Å². The molecule has 38 heavy (non-hydrogen) atoms. The molecule has 0 aliphatic heterocycles. The highest BCUT2D eigenvalue weighted by Crippen LogP contribution is 2.28. The molecule has 0 heterocycles. The van der Waals surface area contributed by atoms with Crippen molar-refractivity contribution in [2.75, 3.05) is 0 Å². The monoisotopic (exact) mass is 510 g/mol. The summed E-state index contributed by atoms with van der Waals surface area (Å²) in [6.45, 7) is 4.28. The third-order valence-electron chi connectivity index (χ3n) is 6.79. The molecule has 3 aromatic carbocycles. The van der Waals surface area contributed by atoms with Crippen molar-refractivity contribution >= 4 is 5.97 Å². The van der Waals surface area contributed by atoms with Crippen molar-refractivity contribution in [1.82, 2.24) is 0 Å². The molecule has 0 aromatic heterocycles. The van der Waals surface area contributed by atoms with Crippen molar-refractivity contribution in [2.24, 2.45) is 0 Å². The number of carbonyl (C=O) groups is 1. The molecule has 196 valence electrons. The highest BCUT2D eigenvalue weighted by Gasteiger charge is 2.18. The average Bonchev–Trinajstić information content (AvgIpc) is 2.94. The van der Waals surface area contributed by atoms with Crippen LogP contribution in [0.1, 0.15) is 97.8 Å². The minimum absolute atomic E-state index is 0.0738. The summed E-state index contributed by atoms with van der Waals surface area (Å²) in [5, 5.41) is 19.3. The van der Waals surface area contributed by atoms with Gasteiger partial charge in [-0.05, 0) is 72.2 Å². The number of nitriles is 2. The van der Waals surface area contributed by atoms with Gasteiger partial charge in [0.15, 0.2) is 0 Å². The van der Waals surface area contributed by atoms with Gasteiger partial charge in [-0.2, -0.15) is 10.5 Å². The Labute approximate surface area is 225 Å². The van der Waals surface area contributed by atoms with Crippen LogP contribution >= 0.6 is 0 Å². The maximum atomic E-state index is 14.7. The fraction of sp³-hybridized carbons (Fsp3) is 0.364. The summed E-state index contributed by atoms with van der Waals surface area (Å²) in [5.41, 5.74) is 3.68. The van der Waals surface area contributed by atoms with E-state index in [0.29, 0.717) is 12.0 Å². The van der Waals surface area contributed by atoms with E-state index in [1.54, 1.807) is 42.5 Å². The summed E-state index contributed by atoms with van der Waals surface area (Å²) in [6.07, 6.45) is 10.1. The number of hydrogen-bond donors (Lipinski definition) is 0. The summed E-state index contributed by atoms with van der Waals surface area (Å²) in [5.74, 6) is -0.762. The van der Waals surface area contributed by atoms with Gasteiger partial charge in [0.1, 0.15) is 29.3 Å². The molecule has 0 bridgehead atoms. The van der Waals surface area contributed by atoms with Crippen LogP contribution in [0.2, 0.25) is 0 Å². The van der Waals surface area contributed by atoms with Crippen molar-refractivity contribution in [3.63, 3.8) is 0 Å². The fourth-order valence-corrected chi connectivity index (χ4v) is 4.53. The molecule has 3 rings (SSSR count). The first kappa shape index (κ1) is 28.6. The van der Waals surface area contributed by atoms with Gasteiger partial charge in [0.25, 0.3) is 0 Å². The SMILES string of the molecule is CCCCCCCc1ccc(-c2ccc(C(=O)Oc3ccc(CCCCC)c(C#N)c3C#N)cc2)cc1F. The van der Waals surface area contributed by atoms with E-state index in [2.05, 4.69) is 19.9 Å². The van der Waals surface area contributed by atoms with Crippen molar-refractivity contribution in [3.05, 3.63) is 88.2 Å². The molecule has 0 saturated heterocycles. The molecular weight excluding hydrogens is 475 g/mol. The molecule has 4 nitrogen and oxygen atoms in total. The number of benzene rings is 3. The number of ether oxygens (including phenoxy) is 1. The summed E-state index contributed by atoms with van der Waals surface area (Å²) in [4.78, 5) is 12.8. The zero-order valence-electron chi connectivity index (χ0n) is 22.4. The van der Waals surface area contributed by atoms with E-state index in [9.17, 15) is 19.7 Å². The standard InChI is InChI=1S/C33H35FN2O2/c1-3-5-7-8-10-12-26-15-18-28(21-31(26)34)24-13-16-27(17-14-24)33(37)38-32-20-19-25(11-9-6-4-2)29(22-35)30(32)23-36/h13-21H,3-12H2,1-2H3. The zero-order chi connectivity index (χ0) is 27.3. The van der Waals surface area contributed by atoms with Crippen molar-refractivity contribution in [3.8, 4) is 29.0 Å². The number of halogens is 1. The second-order valence-corrected chi connectivity index (χ2v) is 9.59. The average molecular weight is 511 g/mol. The van der Waals surface area contributed by atoms with Crippen LogP contribution < -0.4 is 4.74 Å². The maximum Gasteiger partial charge on any atom is 0.343 e. The molecule has 5 heteroatoms. The smallest absolute Gasteiger partial charge is 0.343 e. The van der Waals surface area contributed by atoms with Crippen LogP contribution in [0, 0.1) is 28.5 Å². The first-order valence-electron chi connectivity index (χ1n) is 13.6. The van der Waals surface area contributed by atoms with Crippen molar-refractivity contribution in [2.45, 2.75) is 78.1 Å².